The van der Waals surface area contributed by atoms with Crippen molar-refractivity contribution < 1.29 is 9.13 Å². The van der Waals surface area contributed by atoms with E-state index in [-0.39, 0.29) is 5.82 Å². The molecule has 2 aromatic carbocycles. The minimum absolute atomic E-state index is 0.314. The lowest BCUT2D eigenvalue weighted by Gasteiger charge is -2.32. The van der Waals surface area contributed by atoms with Crippen LogP contribution in [0.2, 0.25) is 5.02 Å². The first kappa shape index (κ1) is 15.5. The summed E-state index contributed by atoms with van der Waals surface area (Å²) in [5.74, 6) is -0.314. The van der Waals surface area contributed by atoms with E-state index in [4.69, 9.17) is 16.3 Å². The Hall–Kier alpha value is -1.42. The molecule has 1 atom stereocenters. The third-order valence-electron chi connectivity index (χ3n) is 4.23. The highest BCUT2D eigenvalue weighted by Gasteiger charge is 2.18. The Balaban J connectivity index is 1.80. The molecule has 1 aliphatic heterocycles. The molecule has 3 rings (SSSR count). The summed E-state index contributed by atoms with van der Waals surface area (Å²) in [6.45, 7) is 5.74. The van der Waals surface area contributed by atoms with Gasteiger partial charge in [-0.3, -0.25) is 4.90 Å². The van der Waals surface area contributed by atoms with Gasteiger partial charge in [-0.05, 0) is 36.2 Å². The number of benzene rings is 2. The first-order chi connectivity index (χ1) is 10.6. The fourth-order valence-electron chi connectivity index (χ4n) is 2.84. The van der Waals surface area contributed by atoms with Gasteiger partial charge in [-0.2, -0.15) is 0 Å². The van der Waals surface area contributed by atoms with Crippen molar-refractivity contribution in [3.63, 3.8) is 0 Å². The van der Waals surface area contributed by atoms with Crippen LogP contribution in [0, 0.1) is 5.82 Å². The first-order valence-corrected chi connectivity index (χ1v) is 7.90. The Labute approximate surface area is 135 Å². The van der Waals surface area contributed by atoms with Crippen molar-refractivity contribution in [2.75, 3.05) is 26.3 Å². The van der Waals surface area contributed by atoms with Crippen molar-refractivity contribution in [1.29, 1.82) is 0 Å². The number of rotatable bonds is 3. The van der Waals surface area contributed by atoms with Gasteiger partial charge in [0.25, 0.3) is 0 Å². The number of hydrogen-bond donors (Lipinski definition) is 0. The smallest absolute Gasteiger partial charge is 0.124 e. The van der Waals surface area contributed by atoms with Gasteiger partial charge < -0.3 is 4.74 Å². The predicted octanol–water partition coefficient (Wildman–Crippen LogP) is 4.54. The number of nitrogens with zero attached hydrogens (tertiary/aromatic N) is 1. The maximum absolute atomic E-state index is 13.1. The topological polar surface area (TPSA) is 12.5 Å². The van der Waals surface area contributed by atoms with E-state index < -0.39 is 0 Å². The van der Waals surface area contributed by atoms with E-state index in [0.717, 1.165) is 37.4 Å². The van der Waals surface area contributed by atoms with E-state index >= 15 is 0 Å². The second kappa shape index (κ2) is 6.78. The predicted molar refractivity (Wildman–Crippen MR) is 87.7 cm³/mol. The lowest BCUT2D eigenvalue weighted by molar-refractivity contribution is 0.0198. The quantitative estimate of drug-likeness (QED) is 0.823. The fraction of sp³-hybridized carbons (Fsp3) is 0.333. The van der Waals surface area contributed by atoms with Crippen LogP contribution in [0.25, 0.3) is 11.1 Å². The first-order valence-electron chi connectivity index (χ1n) is 7.52. The summed E-state index contributed by atoms with van der Waals surface area (Å²) in [7, 11) is 0. The molecule has 1 saturated heterocycles. The Morgan fingerprint density at radius 1 is 1.09 bits per heavy atom. The van der Waals surface area contributed by atoms with E-state index in [1.165, 1.54) is 17.7 Å². The zero-order valence-corrected chi connectivity index (χ0v) is 13.3. The number of morpholine rings is 1. The molecule has 0 amide bonds. The highest BCUT2D eigenvalue weighted by atomic mass is 35.5. The van der Waals surface area contributed by atoms with E-state index in [2.05, 4.69) is 24.0 Å². The molecule has 1 aliphatic rings. The van der Waals surface area contributed by atoms with Gasteiger partial charge in [-0.25, -0.2) is 4.39 Å². The average Bonchev–Trinajstić information content (AvgIpc) is 2.55. The normalized spacial score (nSPS) is 17.4. The van der Waals surface area contributed by atoms with Gasteiger partial charge in [0.1, 0.15) is 5.82 Å². The lowest BCUT2D eigenvalue weighted by Crippen LogP contribution is -2.37. The van der Waals surface area contributed by atoms with E-state index in [1.54, 1.807) is 6.07 Å². The van der Waals surface area contributed by atoms with Crippen LogP contribution in [0.5, 0.6) is 0 Å². The van der Waals surface area contributed by atoms with E-state index in [0.29, 0.717) is 11.1 Å². The van der Waals surface area contributed by atoms with Gasteiger partial charge in [0.15, 0.2) is 0 Å². The summed E-state index contributed by atoms with van der Waals surface area (Å²) in [6, 6.07) is 13.2. The van der Waals surface area contributed by atoms with Gasteiger partial charge in [0, 0.05) is 24.7 Å². The van der Waals surface area contributed by atoms with E-state index in [9.17, 15) is 4.39 Å². The van der Waals surface area contributed by atoms with Gasteiger partial charge in [-0.15, -0.1) is 0 Å². The highest BCUT2D eigenvalue weighted by molar-refractivity contribution is 6.33. The molecule has 22 heavy (non-hydrogen) atoms. The Morgan fingerprint density at radius 3 is 2.41 bits per heavy atom. The fourth-order valence-corrected chi connectivity index (χ4v) is 3.12. The maximum Gasteiger partial charge on any atom is 0.124 e. The molecule has 0 N–H and O–H groups in total. The second-order valence-corrected chi connectivity index (χ2v) is 5.98. The SMILES string of the molecule is C[C@@H](c1ccc(-c2ccc(F)cc2Cl)cc1)N1CCOCC1. The maximum atomic E-state index is 13.1. The zero-order chi connectivity index (χ0) is 15.5. The molecule has 4 heteroatoms. The molecule has 0 unspecified atom stereocenters. The molecule has 0 aliphatic carbocycles. The summed E-state index contributed by atoms with van der Waals surface area (Å²) in [6.07, 6.45) is 0. The third-order valence-corrected chi connectivity index (χ3v) is 4.54. The summed E-state index contributed by atoms with van der Waals surface area (Å²) in [5, 5.41) is 0.439. The molecule has 0 saturated carbocycles. The summed E-state index contributed by atoms with van der Waals surface area (Å²) < 4.78 is 18.5. The van der Waals surface area contributed by atoms with Crippen LogP contribution in [-0.2, 0) is 4.74 Å². The lowest BCUT2D eigenvalue weighted by atomic mass is 10.0. The van der Waals surface area contributed by atoms with Crippen LogP contribution < -0.4 is 0 Å². The van der Waals surface area contributed by atoms with Gasteiger partial charge >= 0.3 is 0 Å². The number of ether oxygens (including phenoxy) is 1. The largest absolute Gasteiger partial charge is 0.379 e. The molecular formula is C18H19ClFNO. The molecular weight excluding hydrogens is 301 g/mol. The summed E-state index contributed by atoms with van der Waals surface area (Å²) >= 11 is 6.13. The molecule has 0 spiro atoms. The van der Waals surface area contributed by atoms with Crippen molar-refractivity contribution in [2.45, 2.75) is 13.0 Å². The van der Waals surface area contributed by atoms with Crippen LogP contribution in [-0.4, -0.2) is 31.2 Å². The summed E-state index contributed by atoms with van der Waals surface area (Å²) in [4.78, 5) is 2.42. The van der Waals surface area contributed by atoms with Crippen LogP contribution in [0.4, 0.5) is 4.39 Å². The van der Waals surface area contributed by atoms with Gasteiger partial charge in [0.05, 0.1) is 18.2 Å². The average molecular weight is 320 g/mol. The Kier molecular flexibility index (Phi) is 4.77. The monoisotopic (exact) mass is 319 g/mol. The van der Waals surface area contributed by atoms with Gasteiger partial charge in [0.2, 0.25) is 0 Å². The molecule has 0 aromatic heterocycles. The summed E-state index contributed by atoms with van der Waals surface area (Å²) in [5.41, 5.74) is 3.13. The molecule has 1 heterocycles. The molecule has 116 valence electrons. The molecule has 0 radical (unpaired) electrons. The molecule has 2 nitrogen and oxygen atoms in total. The molecule has 0 bridgehead atoms. The Bertz CT molecular complexity index is 638. The number of halogens is 2. The third kappa shape index (κ3) is 3.32. The Morgan fingerprint density at radius 2 is 1.77 bits per heavy atom. The standard InChI is InChI=1S/C18H19ClFNO/c1-13(21-8-10-22-11-9-21)14-2-4-15(5-3-14)17-7-6-16(20)12-18(17)19/h2-7,12-13H,8-11H2,1H3/t13-/m0/s1. The van der Waals surface area contributed by atoms with Crippen LogP contribution in [0.3, 0.4) is 0 Å². The number of hydrogen-bond acceptors (Lipinski definition) is 2. The highest BCUT2D eigenvalue weighted by Crippen LogP contribution is 2.30. The van der Waals surface area contributed by atoms with Crippen molar-refractivity contribution in [1.82, 2.24) is 4.90 Å². The van der Waals surface area contributed by atoms with Crippen LogP contribution in [0.15, 0.2) is 42.5 Å². The van der Waals surface area contributed by atoms with Crippen molar-refractivity contribution in [3.05, 3.63) is 58.9 Å². The molecule has 2 aromatic rings. The van der Waals surface area contributed by atoms with E-state index in [1.807, 2.05) is 12.1 Å². The molecule has 1 fully saturated rings. The van der Waals surface area contributed by atoms with Crippen molar-refractivity contribution >= 4 is 11.6 Å². The van der Waals surface area contributed by atoms with Gasteiger partial charge in [-0.1, -0.05) is 35.9 Å². The second-order valence-electron chi connectivity index (χ2n) is 5.57. The zero-order valence-electron chi connectivity index (χ0n) is 12.6. The van der Waals surface area contributed by atoms with Crippen molar-refractivity contribution in [2.24, 2.45) is 0 Å². The minimum atomic E-state index is -0.314. The minimum Gasteiger partial charge on any atom is -0.379 e. The van der Waals surface area contributed by atoms with Crippen LogP contribution >= 0.6 is 11.6 Å². The van der Waals surface area contributed by atoms with Crippen LogP contribution in [0.1, 0.15) is 18.5 Å². The van der Waals surface area contributed by atoms with Crippen molar-refractivity contribution in [3.8, 4) is 11.1 Å².